The number of aromatic nitrogens is 1. The highest BCUT2D eigenvalue weighted by Gasteiger charge is 2.26. The summed E-state index contributed by atoms with van der Waals surface area (Å²) in [5, 5.41) is 3.57. The minimum atomic E-state index is -0.578. The van der Waals surface area contributed by atoms with Crippen molar-refractivity contribution in [3.05, 3.63) is 83.9 Å². The maximum Gasteiger partial charge on any atom is 0.229 e. The zero-order valence-corrected chi connectivity index (χ0v) is 22.6. The van der Waals surface area contributed by atoms with E-state index in [2.05, 4.69) is 10.2 Å². The molecule has 1 amide bonds. The number of rotatable bonds is 8. The van der Waals surface area contributed by atoms with Crippen LogP contribution in [0.25, 0.3) is 21.7 Å². The van der Waals surface area contributed by atoms with Crippen LogP contribution in [0, 0.1) is 17.6 Å². The van der Waals surface area contributed by atoms with Gasteiger partial charge in [-0.25, -0.2) is 13.8 Å². The summed E-state index contributed by atoms with van der Waals surface area (Å²) in [5.41, 5.74) is 3.26. The van der Waals surface area contributed by atoms with E-state index in [-0.39, 0.29) is 11.8 Å². The van der Waals surface area contributed by atoms with Gasteiger partial charge in [-0.05, 0) is 97.7 Å². The number of amides is 1. The van der Waals surface area contributed by atoms with Gasteiger partial charge in [0.2, 0.25) is 5.91 Å². The van der Waals surface area contributed by atoms with Gasteiger partial charge < -0.3 is 14.8 Å². The SMILES string of the molecule is COc1ccc(-c2nc(NC(=O)C3CCN(Cc4cc(F)cc(F)c4)CC3)sc2-c2ccc(OC)cc2)cc1. The Labute approximate surface area is 230 Å². The Morgan fingerprint density at radius 2 is 1.49 bits per heavy atom. The van der Waals surface area contributed by atoms with Gasteiger partial charge in [-0.15, -0.1) is 0 Å². The second-order valence-electron chi connectivity index (χ2n) is 9.47. The molecule has 2 heterocycles. The third-order valence-electron chi connectivity index (χ3n) is 6.86. The number of methoxy groups -OCH3 is 2. The molecule has 5 rings (SSSR count). The molecule has 0 aliphatic carbocycles. The van der Waals surface area contributed by atoms with Crippen LogP contribution in [0.1, 0.15) is 18.4 Å². The van der Waals surface area contributed by atoms with Crippen LogP contribution in [0.15, 0.2) is 66.7 Å². The zero-order valence-electron chi connectivity index (χ0n) is 21.7. The molecule has 4 aromatic rings. The summed E-state index contributed by atoms with van der Waals surface area (Å²) < 4.78 is 37.7. The molecule has 0 radical (unpaired) electrons. The van der Waals surface area contributed by atoms with E-state index in [1.807, 2.05) is 48.5 Å². The first-order valence-electron chi connectivity index (χ1n) is 12.7. The van der Waals surface area contributed by atoms with Gasteiger partial charge in [-0.1, -0.05) is 11.3 Å². The summed E-state index contributed by atoms with van der Waals surface area (Å²) in [5.74, 6) is 0.126. The molecule has 6 nitrogen and oxygen atoms in total. The Hall–Kier alpha value is -3.82. The fraction of sp³-hybridized carbons (Fsp3) is 0.267. The largest absolute Gasteiger partial charge is 0.497 e. The molecular weight excluding hydrogens is 520 g/mol. The fourth-order valence-electron chi connectivity index (χ4n) is 4.78. The number of likely N-dealkylation sites (tertiary alicyclic amines) is 1. The number of benzene rings is 3. The van der Waals surface area contributed by atoms with Crippen molar-refractivity contribution < 1.29 is 23.0 Å². The molecule has 3 aromatic carbocycles. The molecule has 1 fully saturated rings. The minimum Gasteiger partial charge on any atom is -0.497 e. The molecule has 1 aliphatic rings. The van der Waals surface area contributed by atoms with E-state index in [0.717, 1.165) is 39.3 Å². The third kappa shape index (κ3) is 6.43. The van der Waals surface area contributed by atoms with Gasteiger partial charge >= 0.3 is 0 Å². The highest BCUT2D eigenvalue weighted by Crippen LogP contribution is 2.40. The number of hydrogen-bond acceptors (Lipinski definition) is 6. The van der Waals surface area contributed by atoms with Gasteiger partial charge in [-0.3, -0.25) is 9.69 Å². The van der Waals surface area contributed by atoms with Crippen molar-refractivity contribution in [1.29, 1.82) is 0 Å². The first-order chi connectivity index (χ1) is 18.9. The number of nitrogens with zero attached hydrogens (tertiary/aromatic N) is 2. The van der Waals surface area contributed by atoms with Crippen LogP contribution in [0.5, 0.6) is 11.5 Å². The van der Waals surface area contributed by atoms with Gasteiger partial charge in [0, 0.05) is 24.1 Å². The number of thiazole rings is 1. The van der Waals surface area contributed by atoms with E-state index in [1.54, 1.807) is 14.2 Å². The van der Waals surface area contributed by atoms with E-state index in [4.69, 9.17) is 14.5 Å². The second kappa shape index (κ2) is 11.9. The van der Waals surface area contributed by atoms with Crippen LogP contribution in [0.4, 0.5) is 13.9 Å². The number of hydrogen-bond donors (Lipinski definition) is 1. The third-order valence-corrected chi connectivity index (χ3v) is 7.88. The summed E-state index contributed by atoms with van der Waals surface area (Å²) in [4.78, 5) is 21.1. The lowest BCUT2D eigenvalue weighted by atomic mass is 9.95. The van der Waals surface area contributed by atoms with Crippen molar-refractivity contribution in [2.24, 2.45) is 5.92 Å². The molecule has 0 bridgehead atoms. The average Bonchev–Trinajstić information content (AvgIpc) is 3.36. The van der Waals surface area contributed by atoms with Gasteiger partial charge in [-0.2, -0.15) is 0 Å². The summed E-state index contributed by atoms with van der Waals surface area (Å²) in [6, 6.07) is 19.0. The van der Waals surface area contributed by atoms with Crippen LogP contribution in [0.2, 0.25) is 0 Å². The van der Waals surface area contributed by atoms with Gasteiger partial charge in [0.1, 0.15) is 23.1 Å². The highest BCUT2D eigenvalue weighted by molar-refractivity contribution is 7.19. The molecule has 202 valence electrons. The summed E-state index contributed by atoms with van der Waals surface area (Å²) >= 11 is 1.43. The Morgan fingerprint density at radius 1 is 0.923 bits per heavy atom. The number of carbonyl (C=O) groups excluding carboxylic acids is 1. The van der Waals surface area contributed by atoms with Crippen LogP contribution < -0.4 is 14.8 Å². The Kier molecular flexibility index (Phi) is 8.18. The standard InChI is InChI=1S/C30H29F2N3O3S/c1-37-25-7-3-20(4-8-25)27-28(21-5-9-26(38-2)10-6-21)39-30(33-27)34-29(36)22-11-13-35(14-12-22)18-19-15-23(31)17-24(32)16-19/h3-10,15-17,22H,11-14,18H2,1-2H3,(H,33,34,36). The van der Waals surface area contributed by atoms with Gasteiger partial charge in [0.05, 0.1) is 24.8 Å². The number of piperidine rings is 1. The quantitative estimate of drug-likeness (QED) is 0.268. The molecule has 1 N–H and O–H groups in total. The van der Waals surface area contributed by atoms with Gasteiger partial charge in [0.15, 0.2) is 5.13 Å². The van der Waals surface area contributed by atoms with Crippen molar-refractivity contribution in [1.82, 2.24) is 9.88 Å². The van der Waals surface area contributed by atoms with E-state index in [0.29, 0.717) is 43.2 Å². The smallest absolute Gasteiger partial charge is 0.229 e. The second-order valence-corrected chi connectivity index (χ2v) is 10.5. The Balaban J connectivity index is 1.29. The van der Waals surface area contributed by atoms with E-state index < -0.39 is 11.6 Å². The van der Waals surface area contributed by atoms with Crippen molar-refractivity contribution in [3.63, 3.8) is 0 Å². The van der Waals surface area contributed by atoms with Gasteiger partial charge in [0.25, 0.3) is 0 Å². The summed E-state index contributed by atoms with van der Waals surface area (Å²) in [6.07, 6.45) is 1.32. The molecule has 39 heavy (non-hydrogen) atoms. The maximum atomic E-state index is 13.5. The Morgan fingerprint density at radius 3 is 2.05 bits per heavy atom. The Bertz CT molecular complexity index is 1350. The molecule has 1 aromatic heterocycles. The van der Waals surface area contributed by atoms with Crippen molar-refractivity contribution >= 4 is 22.4 Å². The normalized spacial score (nSPS) is 14.3. The zero-order chi connectivity index (χ0) is 27.4. The maximum absolute atomic E-state index is 13.5. The fourth-order valence-corrected chi connectivity index (χ4v) is 5.77. The molecule has 1 aliphatic heterocycles. The van der Waals surface area contributed by atoms with E-state index in [9.17, 15) is 13.6 Å². The number of anilines is 1. The average molecular weight is 550 g/mol. The molecular formula is C30H29F2N3O3S. The molecule has 9 heteroatoms. The van der Waals surface area contributed by atoms with E-state index >= 15 is 0 Å². The first kappa shape index (κ1) is 26.8. The lowest BCUT2D eigenvalue weighted by Gasteiger charge is -2.31. The number of halogens is 2. The molecule has 0 spiro atoms. The molecule has 0 saturated carbocycles. The van der Waals surface area contributed by atoms with Crippen molar-refractivity contribution in [2.75, 3.05) is 32.6 Å². The predicted molar refractivity (Wildman–Crippen MR) is 149 cm³/mol. The van der Waals surface area contributed by atoms with E-state index in [1.165, 1.54) is 23.5 Å². The first-order valence-corrected chi connectivity index (χ1v) is 13.5. The monoisotopic (exact) mass is 549 g/mol. The summed E-state index contributed by atoms with van der Waals surface area (Å²) in [7, 11) is 3.25. The van der Waals surface area contributed by atoms with Crippen molar-refractivity contribution in [3.8, 4) is 33.2 Å². The predicted octanol–water partition coefficient (Wildman–Crippen LogP) is 6.62. The van der Waals surface area contributed by atoms with Crippen LogP contribution in [0.3, 0.4) is 0 Å². The number of carbonyl (C=O) groups is 1. The highest BCUT2D eigenvalue weighted by atomic mass is 32.1. The lowest BCUT2D eigenvalue weighted by molar-refractivity contribution is -0.121. The van der Waals surface area contributed by atoms with Crippen molar-refractivity contribution in [2.45, 2.75) is 19.4 Å². The molecule has 1 saturated heterocycles. The van der Waals surface area contributed by atoms with Crippen LogP contribution >= 0.6 is 11.3 Å². The molecule has 0 unspecified atom stereocenters. The van der Waals surface area contributed by atoms with Crippen LogP contribution in [-0.4, -0.2) is 43.1 Å². The topological polar surface area (TPSA) is 63.7 Å². The summed E-state index contributed by atoms with van der Waals surface area (Å²) in [6.45, 7) is 1.79. The molecule has 0 atom stereocenters. The lowest BCUT2D eigenvalue weighted by Crippen LogP contribution is -2.37. The van der Waals surface area contributed by atoms with Crippen LogP contribution in [-0.2, 0) is 11.3 Å². The minimum absolute atomic E-state index is 0.0669. The number of ether oxygens (including phenoxy) is 2. The number of nitrogens with one attached hydrogen (secondary N) is 1.